The highest BCUT2D eigenvalue weighted by Crippen LogP contribution is 2.15. The second kappa shape index (κ2) is 9.91. The summed E-state index contributed by atoms with van der Waals surface area (Å²) in [5.41, 5.74) is 3.69. The van der Waals surface area contributed by atoms with Crippen molar-refractivity contribution in [1.82, 2.24) is 20.1 Å². The average Bonchev–Trinajstić information content (AvgIpc) is 2.79. The van der Waals surface area contributed by atoms with Crippen molar-refractivity contribution in [2.24, 2.45) is 0 Å². The standard InChI is InChI=1S/C23H31N5O2/c1-19-3-2-4-21(15-19)18-26-7-9-28(10-8-26)23(29)25-17-20-5-6-24-22(16-20)27-11-13-30-14-12-27/h2-6,15-16H,7-14,17-18H2,1H3,(H,25,29). The van der Waals surface area contributed by atoms with Gasteiger partial charge in [0.2, 0.25) is 0 Å². The van der Waals surface area contributed by atoms with Gasteiger partial charge in [0.1, 0.15) is 5.82 Å². The number of pyridine rings is 1. The molecule has 0 radical (unpaired) electrons. The minimum Gasteiger partial charge on any atom is -0.378 e. The van der Waals surface area contributed by atoms with Gasteiger partial charge in [0.15, 0.2) is 0 Å². The predicted molar refractivity (Wildman–Crippen MR) is 118 cm³/mol. The Morgan fingerprint density at radius 1 is 1.03 bits per heavy atom. The number of piperazine rings is 1. The van der Waals surface area contributed by atoms with E-state index in [9.17, 15) is 4.79 Å². The minimum absolute atomic E-state index is 0.00920. The molecule has 1 aromatic carbocycles. The zero-order valence-electron chi connectivity index (χ0n) is 17.7. The van der Waals surface area contributed by atoms with E-state index < -0.39 is 0 Å². The lowest BCUT2D eigenvalue weighted by Gasteiger charge is -2.34. The normalized spacial score (nSPS) is 17.8. The maximum Gasteiger partial charge on any atom is 0.317 e. The Balaban J connectivity index is 1.23. The fourth-order valence-electron chi connectivity index (χ4n) is 4.00. The van der Waals surface area contributed by atoms with E-state index in [1.807, 2.05) is 17.2 Å². The Kier molecular flexibility index (Phi) is 6.81. The quantitative estimate of drug-likeness (QED) is 0.821. The number of hydrogen-bond acceptors (Lipinski definition) is 5. The van der Waals surface area contributed by atoms with Gasteiger partial charge in [-0.05, 0) is 30.2 Å². The number of aryl methyl sites for hydroxylation is 1. The largest absolute Gasteiger partial charge is 0.378 e. The maximum atomic E-state index is 12.6. The molecule has 30 heavy (non-hydrogen) atoms. The van der Waals surface area contributed by atoms with Crippen molar-refractivity contribution in [3.63, 3.8) is 0 Å². The fourth-order valence-corrected chi connectivity index (χ4v) is 4.00. The lowest BCUT2D eigenvalue weighted by Crippen LogP contribution is -2.51. The Bertz CT molecular complexity index is 845. The molecule has 0 saturated carbocycles. The highest BCUT2D eigenvalue weighted by molar-refractivity contribution is 5.74. The third-order valence-electron chi connectivity index (χ3n) is 5.74. The van der Waals surface area contributed by atoms with E-state index >= 15 is 0 Å². The first kappa shape index (κ1) is 20.6. The minimum atomic E-state index is 0.00920. The van der Waals surface area contributed by atoms with E-state index in [2.05, 4.69) is 57.4 Å². The average molecular weight is 410 g/mol. The second-order valence-corrected chi connectivity index (χ2v) is 8.03. The molecule has 1 aromatic heterocycles. The molecule has 2 aromatic rings. The van der Waals surface area contributed by atoms with E-state index in [0.29, 0.717) is 6.54 Å². The molecule has 4 rings (SSSR count). The third kappa shape index (κ3) is 5.49. The van der Waals surface area contributed by atoms with Crippen LogP contribution in [-0.4, -0.2) is 73.3 Å². The van der Waals surface area contributed by atoms with Crippen molar-refractivity contribution in [2.75, 3.05) is 57.4 Å². The van der Waals surface area contributed by atoms with E-state index in [4.69, 9.17) is 4.74 Å². The van der Waals surface area contributed by atoms with Gasteiger partial charge < -0.3 is 19.9 Å². The first-order valence-corrected chi connectivity index (χ1v) is 10.8. The molecule has 0 bridgehead atoms. The van der Waals surface area contributed by atoms with Gasteiger partial charge in [-0.15, -0.1) is 0 Å². The van der Waals surface area contributed by atoms with Crippen LogP contribution in [0.25, 0.3) is 0 Å². The molecule has 2 aliphatic heterocycles. The molecule has 0 spiro atoms. The van der Waals surface area contributed by atoms with Crippen LogP contribution in [0.1, 0.15) is 16.7 Å². The van der Waals surface area contributed by atoms with Crippen molar-refractivity contribution in [3.8, 4) is 0 Å². The van der Waals surface area contributed by atoms with Crippen LogP contribution in [0.3, 0.4) is 0 Å². The number of morpholine rings is 1. The Hall–Kier alpha value is -2.64. The van der Waals surface area contributed by atoms with Crippen molar-refractivity contribution >= 4 is 11.8 Å². The van der Waals surface area contributed by atoms with Crippen LogP contribution in [0.2, 0.25) is 0 Å². The van der Waals surface area contributed by atoms with Crippen molar-refractivity contribution in [1.29, 1.82) is 0 Å². The summed E-state index contributed by atoms with van der Waals surface area (Å²) < 4.78 is 5.41. The molecule has 2 fully saturated rings. The summed E-state index contributed by atoms with van der Waals surface area (Å²) in [6.45, 7) is 10.1. The number of nitrogens with one attached hydrogen (secondary N) is 1. The highest BCUT2D eigenvalue weighted by atomic mass is 16.5. The van der Waals surface area contributed by atoms with Crippen LogP contribution in [-0.2, 0) is 17.8 Å². The van der Waals surface area contributed by atoms with Crippen LogP contribution in [0.4, 0.5) is 10.6 Å². The van der Waals surface area contributed by atoms with Gasteiger partial charge in [-0.25, -0.2) is 9.78 Å². The number of rotatable bonds is 5. The zero-order valence-corrected chi connectivity index (χ0v) is 17.7. The van der Waals surface area contributed by atoms with Crippen molar-refractivity contribution in [3.05, 3.63) is 59.3 Å². The van der Waals surface area contributed by atoms with Gasteiger partial charge in [-0.3, -0.25) is 4.90 Å². The van der Waals surface area contributed by atoms with Crippen LogP contribution in [0.5, 0.6) is 0 Å². The highest BCUT2D eigenvalue weighted by Gasteiger charge is 2.21. The number of ether oxygens (including phenoxy) is 1. The maximum absolute atomic E-state index is 12.6. The number of urea groups is 1. The fraction of sp³-hybridized carbons (Fsp3) is 0.478. The number of hydrogen-bond donors (Lipinski definition) is 1. The second-order valence-electron chi connectivity index (χ2n) is 8.03. The topological polar surface area (TPSA) is 60.9 Å². The van der Waals surface area contributed by atoms with Gasteiger partial charge in [-0.1, -0.05) is 29.8 Å². The molecular weight excluding hydrogens is 378 g/mol. The van der Waals surface area contributed by atoms with Crippen LogP contribution >= 0.6 is 0 Å². The molecule has 3 heterocycles. The summed E-state index contributed by atoms with van der Waals surface area (Å²) in [4.78, 5) is 23.6. The van der Waals surface area contributed by atoms with Gasteiger partial charge in [-0.2, -0.15) is 0 Å². The van der Waals surface area contributed by atoms with Gasteiger partial charge in [0.25, 0.3) is 0 Å². The molecule has 1 N–H and O–H groups in total. The number of nitrogens with zero attached hydrogens (tertiary/aromatic N) is 4. The summed E-state index contributed by atoms with van der Waals surface area (Å²) in [5.74, 6) is 0.954. The number of anilines is 1. The summed E-state index contributed by atoms with van der Waals surface area (Å²) in [6, 6.07) is 12.7. The molecule has 160 valence electrons. The molecule has 2 amide bonds. The van der Waals surface area contributed by atoms with E-state index in [-0.39, 0.29) is 6.03 Å². The first-order valence-electron chi connectivity index (χ1n) is 10.8. The number of benzene rings is 1. The molecule has 2 saturated heterocycles. The van der Waals surface area contributed by atoms with Gasteiger partial charge in [0.05, 0.1) is 13.2 Å². The summed E-state index contributed by atoms with van der Waals surface area (Å²) in [6.07, 6.45) is 1.82. The Morgan fingerprint density at radius 3 is 2.60 bits per heavy atom. The van der Waals surface area contributed by atoms with Crippen molar-refractivity contribution in [2.45, 2.75) is 20.0 Å². The third-order valence-corrected chi connectivity index (χ3v) is 5.74. The zero-order chi connectivity index (χ0) is 20.8. The summed E-state index contributed by atoms with van der Waals surface area (Å²) in [5, 5.41) is 3.07. The molecular formula is C23H31N5O2. The van der Waals surface area contributed by atoms with Crippen LogP contribution in [0, 0.1) is 6.92 Å². The number of carbonyl (C=O) groups excluding carboxylic acids is 1. The predicted octanol–water partition coefficient (Wildman–Crippen LogP) is 2.25. The monoisotopic (exact) mass is 409 g/mol. The Labute approximate surface area is 178 Å². The van der Waals surface area contributed by atoms with E-state index in [1.165, 1.54) is 11.1 Å². The Morgan fingerprint density at radius 2 is 1.83 bits per heavy atom. The first-order chi connectivity index (χ1) is 14.7. The lowest BCUT2D eigenvalue weighted by atomic mass is 10.1. The molecule has 2 aliphatic rings. The molecule has 0 unspecified atom stereocenters. The molecule has 0 aliphatic carbocycles. The lowest BCUT2D eigenvalue weighted by molar-refractivity contribution is 0.122. The number of carbonyl (C=O) groups is 1. The molecule has 0 atom stereocenters. The summed E-state index contributed by atoms with van der Waals surface area (Å²) >= 11 is 0. The van der Waals surface area contributed by atoms with Crippen LogP contribution < -0.4 is 10.2 Å². The van der Waals surface area contributed by atoms with Crippen LogP contribution in [0.15, 0.2) is 42.6 Å². The number of aromatic nitrogens is 1. The van der Waals surface area contributed by atoms with Crippen molar-refractivity contribution < 1.29 is 9.53 Å². The van der Waals surface area contributed by atoms with E-state index in [1.54, 1.807) is 0 Å². The molecule has 7 nitrogen and oxygen atoms in total. The van der Waals surface area contributed by atoms with Gasteiger partial charge >= 0.3 is 6.03 Å². The van der Waals surface area contributed by atoms with E-state index in [0.717, 1.165) is 70.4 Å². The SMILES string of the molecule is Cc1cccc(CN2CCN(C(=O)NCc3ccnc(N4CCOCC4)c3)CC2)c1. The molecule has 7 heteroatoms. The van der Waals surface area contributed by atoms with Gasteiger partial charge in [0, 0.05) is 58.6 Å². The number of amides is 2. The smallest absolute Gasteiger partial charge is 0.317 e. The summed E-state index contributed by atoms with van der Waals surface area (Å²) in [7, 11) is 0.